The first-order valence-corrected chi connectivity index (χ1v) is 10.2. The molecule has 4 rings (SSSR count). The van der Waals surface area contributed by atoms with Gasteiger partial charge in [0.2, 0.25) is 10.8 Å². The van der Waals surface area contributed by atoms with Crippen molar-refractivity contribution in [3.8, 4) is 5.88 Å². The summed E-state index contributed by atoms with van der Waals surface area (Å²) in [6.07, 6.45) is 2.82. The van der Waals surface area contributed by atoms with E-state index in [2.05, 4.69) is 17.0 Å². The second kappa shape index (κ2) is 7.16. The molecule has 0 spiro atoms. The lowest BCUT2D eigenvalue weighted by molar-refractivity contribution is -0.931. The van der Waals surface area contributed by atoms with Gasteiger partial charge in [-0.1, -0.05) is 25.2 Å². The van der Waals surface area contributed by atoms with Crippen molar-refractivity contribution in [2.45, 2.75) is 39.2 Å². The zero-order valence-electron chi connectivity index (χ0n) is 15.4. The van der Waals surface area contributed by atoms with Crippen LogP contribution in [-0.2, 0) is 6.42 Å². The Morgan fingerprint density at radius 1 is 1.30 bits per heavy atom. The monoisotopic (exact) mass is 393 g/mol. The van der Waals surface area contributed by atoms with Crippen molar-refractivity contribution in [1.29, 1.82) is 0 Å². The Morgan fingerprint density at radius 2 is 2.04 bits per heavy atom. The number of aromatic nitrogens is 3. The minimum Gasteiger partial charge on any atom is -0.492 e. The molecule has 1 fully saturated rings. The summed E-state index contributed by atoms with van der Waals surface area (Å²) >= 11 is 1.37. The predicted octanol–water partition coefficient (Wildman–Crippen LogP) is 2.74. The Morgan fingerprint density at radius 3 is 2.67 bits per heavy atom. The molecule has 1 aromatic carbocycles. The summed E-state index contributed by atoms with van der Waals surface area (Å²) in [5, 5.41) is 15.2. The van der Waals surface area contributed by atoms with Gasteiger partial charge in [0.25, 0.3) is 0 Å². The first kappa shape index (κ1) is 18.3. The number of nitrogens with zero attached hydrogens (tertiary/aromatic N) is 3. The van der Waals surface area contributed by atoms with Crippen molar-refractivity contribution in [3.05, 3.63) is 46.1 Å². The van der Waals surface area contributed by atoms with Crippen LogP contribution < -0.4 is 4.90 Å². The van der Waals surface area contributed by atoms with Crippen LogP contribution in [0.3, 0.4) is 0 Å². The van der Waals surface area contributed by atoms with E-state index >= 15 is 0 Å². The number of fused-ring (bicyclic) bond motifs is 1. The summed E-state index contributed by atoms with van der Waals surface area (Å²) in [6, 6.07) is 3.75. The van der Waals surface area contributed by atoms with Gasteiger partial charge in [-0.25, -0.2) is 13.8 Å². The average Bonchev–Trinajstić information content (AvgIpc) is 3.19. The number of hydrogen-bond acceptors (Lipinski definition) is 4. The standard InChI is InChI=1S/C19H22F2N4OS/c1-3-15-22-19-25(23-15)18(26)17(27-19)16(24-8-6-11(2)7-9-24)12-4-5-13(20)14(21)10-12/h4-5,10-11,16,26H,3,6-9H2,1-2H3/p+1/t16-/m0/s1. The van der Waals surface area contributed by atoms with Gasteiger partial charge >= 0.3 is 0 Å². The van der Waals surface area contributed by atoms with E-state index < -0.39 is 11.6 Å². The molecule has 1 saturated heterocycles. The van der Waals surface area contributed by atoms with E-state index in [1.54, 1.807) is 6.07 Å². The van der Waals surface area contributed by atoms with E-state index in [1.807, 2.05) is 6.92 Å². The van der Waals surface area contributed by atoms with E-state index in [0.29, 0.717) is 33.6 Å². The van der Waals surface area contributed by atoms with E-state index in [1.165, 1.54) is 26.8 Å². The molecule has 0 aliphatic carbocycles. The summed E-state index contributed by atoms with van der Waals surface area (Å²) in [7, 11) is 0. The van der Waals surface area contributed by atoms with Crippen molar-refractivity contribution in [1.82, 2.24) is 14.6 Å². The molecule has 3 heterocycles. The maximum atomic E-state index is 14.0. The number of aryl methyl sites for hydroxylation is 1. The molecule has 0 amide bonds. The second-order valence-electron chi connectivity index (χ2n) is 7.31. The predicted molar refractivity (Wildman–Crippen MR) is 99.2 cm³/mol. The zero-order valence-corrected chi connectivity index (χ0v) is 16.2. The molecular formula is C19H23F2N4OS+. The van der Waals surface area contributed by atoms with Crippen molar-refractivity contribution in [2.24, 2.45) is 5.92 Å². The van der Waals surface area contributed by atoms with Gasteiger partial charge in [0, 0.05) is 12.0 Å². The molecule has 2 aromatic heterocycles. The third-order valence-corrected chi connectivity index (χ3v) is 6.51. The fourth-order valence-corrected chi connectivity index (χ4v) is 4.97. The highest BCUT2D eigenvalue weighted by Crippen LogP contribution is 2.35. The SMILES string of the molecule is CCc1nc2sc([C@H](c3ccc(F)c(F)c3)[NH+]3CCC(C)CC3)c(O)n2n1. The van der Waals surface area contributed by atoms with E-state index in [-0.39, 0.29) is 11.9 Å². The van der Waals surface area contributed by atoms with Crippen LogP contribution in [-0.4, -0.2) is 32.8 Å². The lowest BCUT2D eigenvalue weighted by atomic mass is 9.95. The summed E-state index contributed by atoms with van der Waals surface area (Å²) in [6.45, 7) is 6.02. The highest BCUT2D eigenvalue weighted by molar-refractivity contribution is 7.17. The van der Waals surface area contributed by atoms with Crippen LogP contribution in [0.1, 0.15) is 49.0 Å². The van der Waals surface area contributed by atoms with Gasteiger partial charge in [0.15, 0.2) is 23.5 Å². The topological polar surface area (TPSA) is 54.9 Å². The lowest BCUT2D eigenvalue weighted by Gasteiger charge is -2.33. The Bertz CT molecular complexity index is 962. The van der Waals surface area contributed by atoms with Gasteiger partial charge in [0.1, 0.15) is 4.88 Å². The molecule has 27 heavy (non-hydrogen) atoms. The summed E-state index contributed by atoms with van der Waals surface area (Å²) in [4.78, 5) is 7.01. The molecule has 144 valence electrons. The molecule has 5 nitrogen and oxygen atoms in total. The fourth-order valence-electron chi connectivity index (χ4n) is 3.81. The number of rotatable bonds is 4. The quantitative estimate of drug-likeness (QED) is 0.717. The van der Waals surface area contributed by atoms with E-state index in [9.17, 15) is 13.9 Å². The van der Waals surface area contributed by atoms with Gasteiger partial charge in [-0.05, 0) is 37.0 Å². The Labute approximate surface area is 160 Å². The van der Waals surface area contributed by atoms with Gasteiger partial charge in [0.05, 0.1) is 13.1 Å². The van der Waals surface area contributed by atoms with Crippen molar-refractivity contribution in [2.75, 3.05) is 13.1 Å². The summed E-state index contributed by atoms with van der Waals surface area (Å²) in [5.74, 6) is -0.356. The van der Waals surface area contributed by atoms with Crippen LogP contribution in [0, 0.1) is 17.6 Å². The number of nitrogens with one attached hydrogen (secondary N) is 1. The van der Waals surface area contributed by atoms with Crippen LogP contribution in [0.25, 0.3) is 4.96 Å². The lowest BCUT2D eigenvalue weighted by Crippen LogP contribution is -3.13. The molecule has 2 N–H and O–H groups in total. The molecule has 0 bridgehead atoms. The zero-order chi connectivity index (χ0) is 19.1. The number of aromatic hydroxyl groups is 1. The van der Waals surface area contributed by atoms with Gasteiger partial charge in [-0.3, -0.25) is 0 Å². The summed E-state index contributed by atoms with van der Waals surface area (Å²) < 4.78 is 28.9. The number of likely N-dealkylation sites (tertiary alicyclic amines) is 1. The maximum absolute atomic E-state index is 14.0. The molecule has 1 aliphatic rings. The molecule has 3 aromatic rings. The van der Waals surface area contributed by atoms with Crippen LogP contribution in [0.5, 0.6) is 5.88 Å². The van der Waals surface area contributed by atoms with Crippen molar-refractivity contribution >= 4 is 16.3 Å². The van der Waals surface area contributed by atoms with Crippen LogP contribution in [0.2, 0.25) is 0 Å². The molecule has 8 heteroatoms. The molecule has 1 aliphatic heterocycles. The third-order valence-electron chi connectivity index (χ3n) is 5.42. The van der Waals surface area contributed by atoms with E-state index in [0.717, 1.165) is 32.0 Å². The van der Waals surface area contributed by atoms with Gasteiger partial charge < -0.3 is 10.0 Å². The minimum atomic E-state index is -0.866. The minimum absolute atomic E-state index is 0.0445. The summed E-state index contributed by atoms with van der Waals surface area (Å²) in [5.41, 5.74) is 0.661. The Balaban J connectivity index is 1.80. The highest BCUT2D eigenvalue weighted by atomic mass is 32.1. The number of piperidine rings is 1. The van der Waals surface area contributed by atoms with Crippen molar-refractivity contribution < 1.29 is 18.8 Å². The Hall–Kier alpha value is -2.06. The molecule has 1 atom stereocenters. The highest BCUT2D eigenvalue weighted by Gasteiger charge is 2.35. The van der Waals surface area contributed by atoms with Gasteiger partial charge in [-0.2, -0.15) is 4.52 Å². The molecule has 0 saturated carbocycles. The van der Waals surface area contributed by atoms with E-state index in [4.69, 9.17) is 0 Å². The smallest absolute Gasteiger partial charge is 0.235 e. The fraction of sp³-hybridized carbons (Fsp3) is 0.474. The van der Waals surface area contributed by atoms with Crippen LogP contribution in [0.15, 0.2) is 18.2 Å². The molecule has 0 radical (unpaired) electrons. The number of quaternary nitrogens is 1. The largest absolute Gasteiger partial charge is 0.492 e. The average molecular weight is 393 g/mol. The second-order valence-corrected chi connectivity index (χ2v) is 8.32. The maximum Gasteiger partial charge on any atom is 0.235 e. The number of benzene rings is 1. The number of hydrogen-bond donors (Lipinski definition) is 2. The molecular weight excluding hydrogens is 370 g/mol. The van der Waals surface area contributed by atoms with Crippen LogP contribution >= 0.6 is 11.3 Å². The van der Waals surface area contributed by atoms with Gasteiger partial charge in [-0.15, -0.1) is 5.10 Å². The third kappa shape index (κ3) is 3.32. The Kier molecular flexibility index (Phi) is 4.86. The first-order valence-electron chi connectivity index (χ1n) is 9.34. The number of thiazole rings is 1. The first-order chi connectivity index (χ1) is 13.0. The van der Waals surface area contributed by atoms with Crippen LogP contribution in [0.4, 0.5) is 8.78 Å². The normalized spacial score (nSPS) is 21.6. The van der Waals surface area contributed by atoms with Crippen molar-refractivity contribution in [3.63, 3.8) is 0 Å². The molecule has 0 unspecified atom stereocenters. The number of halogens is 2.